The standard InChI is InChI=1S/C13H17BrN2S/c1-2-12-7-8-17-13(16-12)15-9-10-3-5-11(14)6-4-10/h3-6,12H,2,7-9H2,1H3,(H,15,16). The zero-order valence-electron chi connectivity index (χ0n) is 9.95. The molecule has 1 atom stereocenters. The molecule has 1 heterocycles. The maximum atomic E-state index is 4.63. The molecule has 0 amide bonds. The van der Waals surface area contributed by atoms with E-state index in [-0.39, 0.29) is 0 Å². The first-order chi connectivity index (χ1) is 8.28. The van der Waals surface area contributed by atoms with E-state index in [0.29, 0.717) is 6.04 Å². The van der Waals surface area contributed by atoms with Crippen molar-refractivity contribution in [1.29, 1.82) is 0 Å². The fourth-order valence-corrected chi connectivity index (χ4v) is 3.00. The molecule has 1 aromatic rings. The third kappa shape index (κ3) is 4.03. The van der Waals surface area contributed by atoms with E-state index >= 15 is 0 Å². The summed E-state index contributed by atoms with van der Waals surface area (Å²) in [7, 11) is 0. The smallest absolute Gasteiger partial charge is 0.157 e. The minimum atomic E-state index is 0.611. The van der Waals surface area contributed by atoms with E-state index in [1.54, 1.807) is 0 Å². The van der Waals surface area contributed by atoms with Gasteiger partial charge in [-0.25, -0.2) is 0 Å². The predicted molar refractivity (Wildman–Crippen MR) is 79.6 cm³/mol. The number of hydrogen-bond donors (Lipinski definition) is 1. The number of nitrogens with zero attached hydrogens (tertiary/aromatic N) is 1. The molecule has 17 heavy (non-hydrogen) atoms. The monoisotopic (exact) mass is 312 g/mol. The van der Waals surface area contributed by atoms with Crippen LogP contribution in [0.25, 0.3) is 0 Å². The number of thioether (sulfide) groups is 1. The maximum Gasteiger partial charge on any atom is 0.157 e. The molecule has 0 bridgehead atoms. The highest BCUT2D eigenvalue weighted by Gasteiger charge is 2.14. The van der Waals surface area contributed by atoms with Gasteiger partial charge in [0.2, 0.25) is 0 Å². The Balaban J connectivity index is 1.93. The Morgan fingerprint density at radius 1 is 1.41 bits per heavy atom. The van der Waals surface area contributed by atoms with E-state index in [9.17, 15) is 0 Å². The van der Waals surface area contributed by atoms with Crippen LogP contribution in [0.1, 0.15) is 25.3 Å². The van der Waals surface area contributed by atoms with Crippen LogP contribution in [-0.4, -0.2) is 17.0 Å². The fourth-order valence-electron chi connectivity index (χ4n) is 1.74. The van der Waals surface area contributed by atoms with Crippen molar-refractivity contribution in [3.63, 3.8) is 0 Å². The van der Waals surface area contributed by atoms with Crippen LogP contribution in [0.15, 0.2) is 33.7 Å². The van der Waals surface area contributed by atoms with Gasteiger partial charge >= 0.3 is 0 Å². The van der Waals surface area contributed by atoms with Crippen LogP contribution in [-0.2, 0) is 6.54 Å². The van der Waals surface area contributed by atoms with Crippen molar-refractivity contribution in [2.24, 2.45) is 4.99 Å². The second-order valence-electron chi connectivity index (χ2n) is 4.13. The van der Waals surface area contributed by atoms with E-state index in [1.807, 2.05) is 11.8 Å². The summed E-state index contributed by atoms with van der Waals surface area (Å²) in [5, 5.41) is 4.59. The number of rotatable bonds is 3. The molecule has 1 N–H and O–H groups in total. The lowest BCUT2D eigenvalue weighted by atomic mass is 10.2. The van der Waals surface area contributed by atoms with Crippen molar-refractivity contribution in [2.75, 3.05) is 5.75 Å². The molecule has 1 aliphatic heterocycles. The third-order valence-corrected chi connectivity index (χ3v) is 4.33. The highest BCUT2D eigenvalue weighted by atomic mass is 79.9. The Morgan fingerprint density at radius 3 is 2.88 bits per heavy atom. The van der Waals surface area contributed by atoms with Crippen LogP contribution in [0, 0.1) is 0 Å². The lowest BCUT2D eigenvalue weighted by molar-refractivity contribution is 0.570. The van der Waals surface area contributed by atoms with Crippen LogP contribution in [0.4, 0.5) is 0 Å². The second-order valence-corrected chi connectivity index (χ2v) is 6.13. The minimum Gasteiger partial charge on any atom is -0.362 e. The van der Waals surface area contributed by atoms with Gasteiger partial charge in [0.15, 0.2) is 5.17 Å². The van der Waals surface area contributed by atoms with Gasteiger partial charge in [-0.15, -0.1) is 0 Å². The molecule has 2 nitrogen and oxygen atoms in total. The largest absolute Gasteiger partial charge is 0.362 e. The lowest BCUT2D eigenvalue weighted by Gasteiger charge is -2.24. The Hall–Kier alpha value is -0.480. The molecule has 0 spiro atoms. The average molecular weight is 313 g/mol. The summed E-state index contributed by atoms with van der Waals surface area (Å²) in [5.41, 5.74) is 1.25. The van der Waals surface area contributed by atoms with Gasteiger partial charge in [-0.3, -0.25) is 4.99 Å². The first-order valence-electron chi connectivity index (χ1n) is 5.96. The van der Waals surface area contributed by atoms with Crippen molar-refractivity contribution in [2.45, 2.75) is 32.4 Å². The van der Waals surface area contributed by atoms with Crippen molar-refractivity contribution < 1.29 is 0 Å². The Labute approximate surface area is 115 Å². The minimum absolute atomic E-state index is 0.611. The Kier molecular flexibility index (Phi) is 4.92. The third-order valence-electron chi connectivity index (χ3n) is 2.84. The molecular weight excluding hydrogens is 296 g/mol. The van der Waals surface area contributed by atoms with Crippen molar-refractivity contribution in [3.8, 4) is 0 Å². The molecule has 2 rings (SSSR count). The van der Waals surface area contributed by atoms with Crippen molar-refractivity contribution in [3.05, 3.63) is 34.3 Å². The van der Waals surface area contributed by atoms with Crippen LogP contribution < -0.4 is 5.32 Å². The van der Waals surface area contributed by atoms with Crippen LogP contribution in [0.2, 0.25) is 0 Å². The quantitative estimate of drug-likeness (QED) is 0.917. The van der Waals surface area contributed by atoms with Crippen molar-refractivity contribution in [1.82, 2.24) is 5.32 Å². The van der Waals surface area contributed by atoms with E-state index in [0.717, 1.165) is 16.2 Å². The summed E-state index contributed by atoms with van der Waals surface area (Å²) in [6.45, 7) is 2.99. The van der Waals surface area contributed by atoms with E-state index in [4.69, 9.17) is 0 Å². The Bertz CT molecular complexity index is 389. The number of aliphatic imine (C=N–C) groups is 1. The molecule has 1 fully saturated rings. The molecule has 0 aromatic heterocycles. The van der Waals surface area contributed by atoms with Gasteiger partial charge in [0.25, 0.3) is 0 Å². The van der Waals surface area contributed by atoms with Crippen LogP contribution >= 0.6 is 27.7 Å². The van der Waals surface area contributed by atoms with Gasteiger partial charge in [0, 0.05) is 16.3 Å². The first-order valence-corrected chi connectivity index (χ1v) is 7.74. The number of amidine groups is 1. The zero-order valence-corrected chi connectivity index (χ0v) is 12.4. The van der Waals surface area contributed by atoms with Gasteiger partial charge in [0.05, 0.1) is 6.54 Å². The molecule has 0 radical (unpaired) electrons. The number of hydrogen-bond acceptors (Lipinski definition) is 2. The molecular formula is C13H17BrN2S. The van der Waals surface area contributed by atoms with Gasteiger partial charge in [-0.1, -0.05) is 46.7 Å². The summed E-state index contributed by atoms with van der Waals surface area (Å²) in [6, 6.07) is 8.95. The summed E-state index contributed by atoms with van der Waals surface area (Å²) in [5.74, 6) is 1.19. The molecule has 0 saturated carbocycles. The summed E-state index contributed by atoms with van der Waals surface area (Å²) < 4.78 is 1.12. The maximum absolute atomic E-state index is 4.63. The zero-order chi connectivity index (χ0) is 12.1. The van der Waals surface area contributed by atoms with Gasteiger partial charge < -0.3 is 5.32 Å². The molecule has 4 heteroatoms. The topological polar surface area (TPSA) is 24.4 Å². The Morgan fingerprint density at radius 2 is 2.18 bits per heavy atom. The molecule has 1 unspecified atom stereocenters. The number of halogens is 1. The lowest BCUT2D eigenvalue weighted by Crippen LogP contribution is -2.37. The van der Waals surface area contributed by atoms with Crippen molar-refractivity contribution >= 4 is 32.9 Å². The summed E-state index contributed by atoms with van der Waals surface area (Å²) in [6.07, 6.45) is 2.43. The average Bonchev–Trinajstić information content (AvgIpc) is 2.38. The molecule has 1 saturated heterocycles. The number of nitrogens with one attached hydrogen (secondary N) is 1. The second kappa shape index (κ2) is 6.45. The van der Waals surface area contributed by atoms with E-state index in [2.05, 4.69) is 57.4 Å². The fraction of sp³-hybridized carbons (Fsp3) is 0.462. The van der Waals surface area contributed by atoms with Crippen LogP contribution in [0.5, 0.6) is 0 Å². The first kappa shape index (κ1) is 13.0. The SMILES string of the molecule is CCC1CCSC(=NCc2ccc(Br)cc2)N1. The van der Waals surface area contributed by atoms with Gasteiger partial charge in [-0.05, 0) is 30.5 Å². The molecule has 1 aromatic carbocycles. The molecule has 92 valence electrons. The van der Waals surface area contributed by atoms with Crippen LogP contribution in [0.3, 0.4) is 0 Å². The number of benzene rings is 1. The molecule has 1 aliphatic rings. The summed E-state index contributed by atoms with van der Waals surface area (Å²) in [4.78, 5) is 4.63. The highest BCUT2D eigenvalue weighted by Crippen LogP contribution is 2.17. The van der Waals surface area contributed by atoms with Gasteiger partial charge in [-0.2, -0.15) is 0 Å². The highest BCUT2D eigenvalue weighted by molar-refractivity contribution is 9.10. The predicted octanol–water partition coefficient (Wildman–Crippen LogP) is 3.81. The summed E-state index contributed by atoms with van der Waals surface area (Å²) >= 11 is 5.27. The molecule has 0 aliphatic carbocycles. The van der Waals surface area contributed by atoms with E-state index in [1.165, 1.54) is 24.2 Å². The normalized spacial score (nSPS) is 22.5. The van der Waals surface area contributed by atoms with Gasteiger partial charge in [0.1, 0.15) is 0 Å². The van der Waals surface area contributed by atoms with E-state index < -0.39 is 0 Å².